The molecule has 2 amide bonds. The monoisotopic (exact) mass is 423 g/mol. The lowest BCUT2D eigenvalue weighted by atomic mass is 10.1. The van der Waals surface area contributed by atoms with Crippen LogP contribution in [0.2, 0.25) is 0 Å². The normalized spacial score (nSPS) is 11.5. The molecule has 0 aliphatic carbocycles. The Balaban J connectivity index is 1.92. The van der Waals surface area contributed by atoms with E-state index in [2.05, 4.69) is 10.6 Å². The molecule has 2 aromatic rings. The van der Waals surface area contributed by atoms with E-state index in [1.165, 1.54) is 12.1 Å². The number of benzene rings is 2. The maximum absolute atomic E-state index is 12.4. The number of hydrogen-bond donors (Lipinski definition) is 3. The van der Waals surface area contributed by atoms with Gasteiger partial charge in [0.1, 0.15) is 5.60 Å². The number of carbonyl (C=O) groups excluding carboxylic acids is 2. The van der Waals surface area contributed by atoms with Crippen molar-refractivity contribution in [1.29, 1.82) is 0 Å². The van der Waals surface area contributed by atoms with Gasteiger partial charge in [-0.2, -0.15) is 13.2 Å². The summed E-state index contributed by atoms with van der Waals surface area (Å²) < 4.78 is 42.3. The Morgan fingerprint density at radius 2 is 1.47 bits per heavy atom. The van der Waals surface area contributed by atoms with E-state index in [9.17, 15) is 22.8 Å². The summed E-state index contributed by atoms with van der Waals surface area (Å²) >= 11 is 0. The number of alkyl halides is 3. The third-order valence-corrected chi connectivity index (χ3v) is 3.70. The van der Waals surface area contributed by atoms with Gasteiger partial charge in [0.2, 0.25) is 0 Å². The molecule has 2 rings (SSSR count). The number of anilines is 2. The van der Waals surface area contributed by atoms with Gasteiger partial charge in [0, 0.05) is 24.5 Å². The second-order valence-corrected chi connectivity index (χ2v) is 7.56. The van der Waals surface area contributed by atoms with E-state index in [0.717, 1.165) is 11.3 Å². The van der Waals surface area contributed by atoms with Crippen molar-refractivity contribution in [2.24, 2.45) is 0 Å². The van der Waals surface area contributed by atoms with Gasteiger partial charge in [0.15, 0.2) is 0 Å². The van der Waals surface area contributed by atoms with Crippen LogP contribution >= 0.6 is 0 Å². The van der Waals surface area contributed by atoms with Gasteiger partial charge in [0.25, 0.3) is 0 Å². The largest absolute Gasteiger partial charge is 0.471 e. The molecular weight excluding hydrogens is 399 g/mol. The van der Waals surface area contributed by atoms with Crippen molar-refractivity contribution in [3.8, 4) is 0 Å². The number of rotatable bonds is 6. The topological polar surface area (TPSA) is 79.5 Å². The van der Waals surface area contributed by atoms with Crippen LogP contribution in [-0.4, -0.2) is 23.8 Å². The zero-order valence-electron chi connectivity index (χ0n) is 16.9. The molecule has 0 aliphatic heterocycles. The third-order valence-electron chi connectivity index (χ3n) is 3.70. The van der Waals surface area contributed by atoms with E-state index in [1.54, 1.807) is 32.9 Å². The van der Waals surface area contributed by atoms with Crippen LogP contribution in [0.5, 0.6) is 0 Å². The van der Waals surface area contributed by atoms with Crippen molar-refractivity contribution >= 4 is 23.4 Å². The van der Waals surface area contributed by atoms with Crippen LogP contribution in [0, 0.1) is 0 Å². The van der Waals surface area contributed by atoms with E-state index in [0.29, 0.717) is 12.1 Å². The van der Waals surface area contributed by atoms with Crippen molar-refractivity contribution in [2.45, 2.75) is 45.6 Å². The standard InChI is InChI=1S/C21H24F3N3O3/c1-20(2,3)30-19(29)26-13-14-6-4-8-16(10-14)25-12-15-7-5-9-17(11-15)27-18(28)21(22,23)24/h4-11,25H,12-13H2,1-3H3,(H,26,29)(H,27,28). The second-order valence-electron chi connectivity index (χ2n) is 7.56. The van der Waals surface area contributed by atoms with Gasteiger partial charge in [-0.15, -0.1) is 0 Å². The van der Waals surface area contributed by atoms with Crippen LogP contribution < -0.4 is 16.0 Å². The van der Waals surface area contributed by atoms with Crippen LogP contribution in [0.15, 0.2) is 48.5 Å². The van der Waals surface area contributed by atoms with Crippen molar-refractivity contribution in [3.05, 3.63) is 59.7 Å². The molecule has 0 unspecified atom stereocenters. The van der Waals surface area contributed by atoms with Crippen LogP contribution in [0.25, 0.3) is 0 Å². The average Bonchev–Trinajstić information content (AvgIpc) is 2.63. The molecule has 0 saturated heterocycles. The van der Waals surface area contributed by atoms with Gasteiger partial charge in [-0.05, 0) is 56.2 Å². The lowest BCUT2D eigenvalue weighted by Gasteiger charge is -2.19. The zero-order valence-corrected chi connectivity index (χ0v) is 16.9. The molecule has 2 aromatic carbocycles. The van der Waals surface area contributed by atoms with Crippen LogP contribution in [-0.2, 0) is 22.6 Å². The predicted molar refractivity (Wildman–Crippen MR) is 108 cm³/mol. The van der Waals surface area contributed by atoms with Crippen molar-refractivity contribution < 1.29 is 27.5 Å². The van der Waals surface area contributed by atoms with Gasteiger partial charge in [-0.25, -0.2) is 4.79 Å². The first-order valence-corrected chi connectivity index (χ1v) is 9.19. The first-order valence-electron chi connectivity index (χ1n) is 9.19. The van der Waals surface area contributed by atoms with Gasteiger partial charge >= 0.3 is 18.2 Å². The first-order chi connectivity index (χ1) is 13.9. The highest BCUT2D eigenvalue weighted by atomic mass is 19.4. The quantitative estimate of drug-likeness (QED) is 0.622. The smallest absolute Gasteiger partial charge is 0.444 e. The molecule has 0 bridgehead atoms. The molecule has 6 nitrogen and oxygen atoms in total. The minimum absolute atomic E-state index is 0.0620. The van der Waals surface area contributed by atoms with Gasteiger partial charge < -0.3 is 20.7 Å². The minimum Gasteiger partial charge on any atom is -0.444 e. The van der Waals surface area contributed by atoms with E-state index in [4.69, 9.17) is 4.74 Å². The fourth-order valence-electron chi connectivity index (χ4n) is 2.44. The van der Waals surface area contributed by atoms with Crippen molar-refractivity contribution in [2.75, 3.05) is 10.6 Å². The maximum Gasteiger partial charge on any atom is 0.471 e. The summed E-state index contributed by atoms with van der Waals surface area (Å²) in [5, 5.41) is 7.66. The Bertz CT molecular complexity index is 893. The summed E-state index contributed by atoms with van der Waals surface area (Å²) in [6.07, 6.45) is -5.46. The Labute approximate surface area is 172 Å². The summed E-state index contributed by atoms with van der Waals surface area (Å²) in [7, 11) is 0. The summed E-state index contributed by atoms with van der Waals surface area (Å²) in [6, 6.07) is 13.5. The maximum atomic E-state index is 12.4. The molecule has 3 N–H and O–H groups in total. The van der Waals surface area contributed by atoms with Gasteiger partial charge in [-0.1, -0.05) is 24.3 Å². The molecule has 162 valence electrons. The lowest BCUT2D eigenvalue weighted by molar-refractivity contribution is -0.167. The number of alkyl carbamates (subject to hydrolysis) is 1. The molecule has 0 saturated carbocycles. The Morgan fingerprint density at radius 3 is 2.07 bits per heavy atom. The Hall–Kier alpha value is -3.23. The molecule has 0 atom stereocenters. The van der Waals surface area contributed by atoms with Crippen molar-refractivity contribution in [3.63, 3.8) is 0 Å². The Morgan fingerprint density at radius 1 is 0.900 bits per heavy atom. The van der Waals surface area contributed by atoms with E-state index < -0.39 is 23.8 Å². The van der Waals surface area contributed by atoms with E-state index in [-0.39, 0.29) is 12.2 Å². The summed E-state index contributed by atoms with van der Waals surface area (Å²) in [5.41, 5.74) is 1.78. The number of carbonyl (C=O) groups is 2. The number of hydrogen-bond acceptors (Lipinski definition) is 4. The summed E-state index contributed by atoms with van der Waals surface area (Å²) in [5.74, 6) is -2.02. The Kier molecular flexibility index (Phi) is 7.31. The van der Waals surface area contributed by atoms with Gasteiger partial charge in [-0.3, -0.25) is 4.79 Å². The SMILES string of the molecule is CC(C)(C)OC(=O)NCc1cccc(NCc2cccc(NC(=O)C(F)(F)F)c2)c1. The molecule has 0 aliphatic rings. The van der Waals surface area contributed by atoms with Crippen LogP contribution in [0.3, 0.4) is 0 Å². The predicted octanol–water partition coefficient (Wildman–Crippen LogP) is 4.82. The summed E-state index contributed by atoms with van der Waals surface area (Å²) in [4.78, 5) is 22.8. The molecule has 0 aromatic heterocycles. The van der Waals surface area contributed by atoms with Gasteiger partial charge in [0.05, 0.1) is 0 Å². The molecule has 0 fully saturated rings. The average molecular weight is 423 g/mol. The number of nitrogens with one attached hydrogen (secondary N) is 3. The molecule has 30 heavy (non-hydrogen) atoms. The molecule has 0 heterocycles. The fraction of sp³-hybridized carbons (Fsp3) is 0.333. The summed E-state index contributed by atoms with van der Waals surface area (Å²) in [6.45, 7) is 5.95. The van der Waals surface area contributed by atoms with Crippen LogP contribution in [0.4, 0.5) is 29.3 Å². The van der Waals surface area contributed by atoms with Crippen LogP contribution in [0.1, 0.15) is 31.9 Å². The molecule has 0 spiro atoms. The third kappa shape index (κ3) is 8.02. The van der Waals surface area contributed by atoms with E-state index >= 15 is 0 Å². The molecular formula is C21H24F3N3O3. The molecule has 9 heteroatoms. The van der Waals surface area contributed by atoms with E-state index in [1.807, 2.05) is 29.6 Å². The highest BCUT2D eigenvalue weighted by Gasteiger charge is 2.38. The highest BCUT2D eigenvalue weighted by Crippen LogP contribution is 2.20. The first kappa shape index (κ1) is 23.1. The fourth-order valence-corrected chi connectivity index (χ4v) is 2.44. The number of ether oxygens (including phenoxy) is 1. The second kappa shape index (κ2) is 9.51. The molecule has 0 radical (unpaired) electrons. The minimum atomic E-state index is -4.94. The van der Waals surface area contributed by atoms with Crippen molar-refractivity contribution in [1.82, 2.24) is 5.32 Å². The lowest BCUT2D eigenvalue weighted by Crippen LogP contribution is -2.32. The number of halogens is 3. The zero-order chi connectivity index (χ0) is 22.4. The number of amides is 2. The highest BCUT2D eigenvalue weighted by molar-refractivity contribution is 5.94.